The van der Waals surface area contributed by atoms with Gasteiger partial charge < -0.3 is 9.67 Å². The number of nitrogens with zero attached hydrogens (tertiary/aromatic N) is 2. The molecule has 7 heteroatoms. The highest BCUT2D eigenvalue weighted by Gasteiger charge is 2.38. The van der Waals surface area contributed by atoms with Gasteiger partial charge in [-0.15, -0.1) is 0 Å². The van der Waals surface area contributed by atoms with E-state index in [4.69, 9.17) is 11.6 Å². The molecule has 1 atom stereocenters. The Hall–Kier alpha value is -2.44. The summed E-state index contributed by atoms with van der Waals surface area (Å²) < 4.78 is 15.9. The monoisotopic (exact) mass is 415 g/mol. The average Bonchev–Trinajstić information content (AvgIpc) is 2.97. The van der Waals surface area contributed by atoms with Crippen LogP contribution in [0, 0.1) is 5.82 Å². The van der Waals surface area contributed by atoms with Crippen LogP contribution in [0.1, 0.15) is 45.1 Å². The summed E-state index contributed by atoms with van der Waals surface area (Å²) in [6, 6.07) is 11.9. The number of halogens is 2. The first-order valence-electron chi connectivity index (χ1n) is 9.65. The number of carbonyl (C=O) groups is 1. The zero-order valence-electron chi connectivity index (χ0n) is 16.4. The van der Waals surface area contributed by atoms with Crippen LogP contribution in [0.5, 0.6) is 0 Å². The summed E-state index contributed by atoms with van der Waals surface area (Å²) >= 11 is 6.00. The highest BCUT2D eigenvalue weighted by Crippen LogP contribution is 2.43. The fourth-order valence-corrected chi connectivity index (χ4v) is 4.15. The van der Waals surface area contributed by atoms with Gasteiger partial charge in [-0.2, -0.15) is 0 Å². The predicted octanol–water partition coefficient (Wildman–Crippen LogP) is 4.96. The average molecular weight is 416 g/mol. The van der Waals surface area contributed by atoms with Crippen molar-refractivity contribution >= 4 is 34.5 Å². The lowest BCUT2D eigenvalue weighted by Crippen LogP contribution is -2.38. The molecule has 2 N–H and O–H groups in total. The SMILES string of the molecule is CC(O)(CC(=O)Nc1nc2cc(F)c(Cl)cc2n1C1(C)CCC1)c1ccccc1. The number of hydrogen-bond donors (Lipinski definition) is 2. The van der Waals surface area contributed by atoms with Gasteiger partial charge in [0, 0.05) is 11.6 Å². The molecule has 5 nitrogen and oxygen atoms in total. The maximum atomic E-state index is 14.0. The third-order valence-electron chi connectivity index (χ3n) is 5.82. The summed E-state index contributed by atoms with van der Waals surface area (Å²) in [6.07, 6.45) is 2.80. The molecule has 0 aliphatic heterocycles. The summed E-state index contributed by atoms with van der Waals surface area (Å²) in [4.78, 5) is 17.2. The van der Waals surface area contributed by atoms with E-state index in [9.17, 15) is 14.3 Å². The maximum Gasteiger partial charge on any atom is 0.229 e. The van der Waals surface area contributed by atoms with Gasteiger partial charge in [-0.3, -0.25) is 10.1 Å². The van der Waals surface area contributed by atoms with E-state index in [0.717, 1.165) is 19.3 Å². The number of nitrogens with one attached hydrogen (secondary N) is 1. The fourth-order valence-electron chi connectivity index (χ4n) is 4.00. The molecule has 1 aromatic heterocycles. The molecule has 152 valence electrons. The summed E-state index contributed by atoms with van der Waals surface area (Å²) in [5.74, 6) is -0.574. The lowest BCUT2D eigenvalue weighted by atomic mass is 9.78. The normalized spacial score (nSPS) is 17.6. The van der Waals surface area contributed by atoms with Crippen LogP contribution < -0.4 is 5.32 Å². The van der Waals surface area contributed by atoms with E-state index in [1.807, 2.05) is 22.8 Å². The number of benzene rings is 2. The van der Waals surface area contributed by atoms with Gasteiger partial charge in [0.15, 0.2) is 0 Å². The van der Waals surface area contributed by atoms with Crippen molar-refractivity contribution in [3.05, 3.63) is 58.9 Å². The molecule has 1 fully saturated rings. The van der Waals surface area contributed by atoms with Crippen LogP contribution in [0.4, 0.5) is 10.3 Å². The number of carbonyl (C=O) groups excluding carboxylic acids is 1. The first kappa shape index (κ1) is 19.9. The Morgan fingerprint density at radius 3 is 2.66 bits per heavy atom. The molecule has 1 aliphatic carbocycles. The van der Waals surface area contributed by atoms with E-state index in [1.165, 1.54) is 6.07 Å². The van der Waals surface area contributed by atoms with Crippen LogP contribution in [-0.2, 0) is 15.9 Å². The zero-order chi connectivity index (χ0) is 20.8. The minimum absolute atomic E-state index is 0.0199. The Morgan fingerprint density at radius 1 is 1.34 bits per heavy atom. The topological polar surface area (TPSA) is 67.2 Å². The Bertz CT molecular complexity index is 1070. The highest BCUT2D eigenvalue weighted by molar-refractivity contribution is 6.31. The Morgan fingerprint density at radius 2 is 2.03 bits per heavy atom. The van der Waals surface area contributed by atoms with Crippen LogP contribution in [0.15, 0.2) is 42.5 Å². The van der Waals surface area contributed by atoms with Crippen molar-refractivity contribution in [3.8, 4) is 0 Å². The second kappa shape index (κ2) is 7.11. The third kappa shape index (κ3) is 3.63. The largest absolute Gasteiger partial charge is 0.385 e. The first-order chi connectivity index (χ1) is 13.7. The van der Waals surface area contributed by atoms with Crippen molar-refractivity contribution in [2.75, 3.05) is 5.32 Å². The number of aliphatic hydroxyl groups is 1. The van der Waals surface area contributed by atoms with E-state index in [2.05, 4.69) is 17.2 Å². The van der Waals surface area contributed by atoms with E-state index in [1.54, 1.807) is 25.1 Å². The minimum atomic E-state index is -1.32. The molecule has 2 aromatic carbocycles. The highest BCUT2D eigenvalue weighted by atomic mass is 35.5. The molecule has 0 saturated heterocycles. The Balaban J connectivity index is 1.67. The van der Waals surface area contributed by atoms with Crippen molar-refractivity contribution in [2.24, 2.45) is 0 Å². The van der Waals surface area contributed by atoms with Crippen LogP contribution in [-0.4, -0.2) is 20.6 Å². The molecule has 29 heavy (non-hydrogen) atoms. The van der Waals surface area contributed by atoms with Crippen molar-refractivity contribution in [3.63, 3.8) is 0 Å². The van der Waals surface area contributed by atoms with Gasteiger partial charge in [0.2, 0.25) is 11.9 Å². The van der Waals surface area contributed by atoms with Crippen molar-refractivity contribution in [1.29, 1.82) is 0 Å². The number of rotatable bonds is 5. The fraction of sp³-hybridized carbons (Fsp3) is 0.364. The number of imidazole rings is 1. The van der Waals surface area contributed by atoms with Gasteiger partial charge in [0.25, 0.3) is 0 Å². The quantitative estimate of drug-likeness (QED) is 0.618. The zero-order valence-corrected chi connectivity index (χ0v) is 17.1. The molecule has 1 unspecified atom stereocenters. The second-order valence-electron chi connectivity index (χ2n) is 8.24. The predicted molar refractivity (Wildman–Crippen MR) is 111 cm³/mol. The minimum Gasteiger partial charge on any atom is -0.385 e. The third-order valence-corrected chi connectivity index (χ3v) is 6.11. The van der Waals surface area contributed by atoms with Crippen LogP contribution >= 0.6 is 11.6 Å². The van der Waals surface area contributed by atoms with Crippen molar-refractivity contribution < 1.29 is 14.3 Å². The summed E-state index contributed by atoms with van der Waals surface area (Å²) in [5, 5.41) is 13.6. The van der Waals surface area contributed by atoms with Gasteiger partial charge >= 0.3 is 0 Å². The number of fused-ring (bicyclic) bond motifs is 1. The Labute approximate surface area is 173 Å². The first-order valence-corrected chi connectivity index (χ1v) is 10.0. The van der Waals surface area contributed by atoms with Crippen molar-refractivity contribution in [2.45, 2.75) is 50.7 Å². The van der Waals surface area contributed by atoms with Crippen molar-refractivity contribution in [1.82, 2.24) is 9.55 Å². The molecular weight excluding hydrogens is 393 g/mol. The van der Waals surface area contributed by atoms with Gasteiger partial charge in [-0.05, 0) is 44.7 Å². The maximum absolute atomic E-state index is 14.0. The van der Waals surface area contributed by atoms with Crippen LogP contribution in [0.25, 0.3) is 11.0 Å². The smallest absolute Gasteiger partial charge is 0.229 e. The molecule has 4 rings (SSSR count). The molecule has 0 spiro atoms. The lowest BCUT2D eigenvalue weighted by molar-refractivity contribution is -0.120. The van der Waals surface area contributed by atoms with E-state index >= 15 is 0 Å². The summed E-state index contributed by atoms with van der Waals surface area (Å²) in [6.45, 7) is 3.69. The number of hydrogen-bond acceptors (Lipinski definition) is 3. The number of amides is 1. The van der Waals surface area contributed by atoms with Gasteiger partial charge in [0.1, 0.15) is 5.82 Å². The molecule has 0 radical (unpaired) electrons. The van der Waals surface area contributed by atoms with Crippen LogP contribution in [0.3, 0.4) is 0 Å². The Kier molecular flexibility index (Phi) is 4.87. The number of aromatic nitrogens is 2. The van der Waals surface area contributed by atoms with E-state index in [0.29, 0.717) is 22.5 Å². The van der Waals surface area contributed by atoms with Gasteiger partial charge in [0.05, 0.1) is 28.1 Å². The molecule has 1 heterocycles. The van der Waals surface area contributed by atoms with E-state index in [-0.39, 0.29) is 22.9 Å². The molecule has 1 aliphatic rings. The van der Waals surface area contributed by atoms with Gasteiger partial charge in [-0.25, -0.2) is 9.37 Å². The standard InChI is InChI=1S/C22H23ClFN3O2/c1-21(9-6-10-21)27-18-11-15(23)16(24)12-17(18)25-20(27)26-19(28)13-22(2,29)14-7-4-3-5-8-14/h3-5,7-8,11-12,29H,6,9-10,13H2,1-2H3,(H,25,26,28). The molecule has 3 aromatic rings. The molecule has 1 amide bonds. The molecular formula is C22H23ClFN3O2. The molecule has 0 bridgehead atoms. The number of anilines is 1. The van der Waals surface area contributed by atoms with Crippen LogP contribution in [0.2, 0.25) is 5.02 Å². The summed E-state index contributed by atoms with van der Waals surface area (Å²) in [7, 11) is 0. The molecule has 1 saturated carbocycles. The lowest BCUT2D eigenvalue weighted by Gasteiger charge is -2.41. The second-order valence-corrected chi connectivity index (χ2v) is 8.65. The van der Waals surface area contributed by atoms with Gasteiger partial charge in [-0.1, -0.05) is 41.9 Å². The van der Waals surface area contributed by atoms with E-state index < -0.39 is 11.4 Å². The summed E-state index contributed by atoms with van der Waals surface area (Å²) in [5.41, 5.74) is 0.232.